The summed E-state index contributed by atoms with van der Waals surface area (Å²) >= 11 is 0. The van der Waals surface area contributed by atoms with E-state index in [0.717, 1.165) is 24.2 Å². The molecule has 4 heteroatoms. The van der Waals surface area contributed by atoms with Gasteiger partial charge < -0.3 is 15.2 Å². The SMILES string of the molecule is CCC(O)C(=O)NCC(CC)(CC)c1cccc(OC)c1. The Bertz CT molecular complexity index is 455. The Morgan fingerprint density at radius 3 is 2.52 bits per heavy atom. The van der Waals surface area contributed by atoms with Gasteiger partial charge in [0.1, 0.15) is 11.9 Å². The Labute approximate surface area is 127 Å². The number of aliphatic hydroxyl groups is 1. The second-order valence-electron chi connectivity index (χ2n) is 5.36. The first-order valence-electron chi connectivity index (χ1n) is 7.63. The van der Waals surface area contributed by atoms with Crippen molar-refractivity contribution in [3.63, 3.8) is 0 Å². The van der Waals surface area contributed by atoms with Gasteiger partial charge in [-0.1, -0.05) is 32.9 Å². The fourth-order valence-corrected chi connectivity index (χ4v) is 2.52. The highest BCUT2D eigenvalue weighted by molar-refractivity contribution is 5.80. The van der Waals surface area contributed by atoms with Crippen LogP contribution in [-0.4, -0.2) is 30.8 Å². The van der Waals surface area contributed by atoms with Crippen molar-refractivity contribution in [3.05, 3.63) is 29.8 Å². The first-order valence-corrected chi connectivity index (χ1v) is 7.63. The number of carbonyl (C=O) groups excluding carboxylic acids is 1. The maximum Gasteiger partial charge on any atom is 0.248 e. The smallest absolute Gasteiger partial charge is 0.248 e. The van der Waals surface area contributed by atoms with Gasteiger partial charge in [0, 0.05) is 12.0 Å². The average molecular weight is 293 g/mol. The lowest BCUT2D eigenvalue weighted by Gasteiger charge is -2.33. The van der Waals surface area contributed by atoms with E-state index in [4.69, 9.17) is 4.74 Å². The first-order chi connectivity index (χ1) is 10.0. The number of hydrogen-bond donors (Lipinski definition) is 2. The number of benzene rings is 1. The molecule has 1 aromatic carbocycles. The van der Waals surface area contributed by atoms with E-state index in [1.807, 2.05) is 18.2 Å². The second-order valence-corrected chi connectivity index (χ2v) is 5.36. The zero-order valence-electron chi connectivity index (χ0n) is 13.5. The van der Waals surface area contributed by atoms with E-state index in [1.165, 1.54) is 0 Å². The fourth-order valence-electron chi connectivity index (χ4n) is 2.52. The van der Waals surface area contributed by atoms with E-state index < -0.39 is 6.10 Å². The largest absolute Gasteiger partial charge is 0.497 e. The van der Waals surface area contributed by atoms with Crippen molar-refractivity contribution in [1.82, 2.24) is 5.32 Å². The van der Waals surface area contributed by atoms with Crippen molar-refractivity contribution in [2.45, 2.75) is 51.6 Å². The van der Waals surface area contributed by atoms with E-state index in [-0.39, 0.29) is 11.3 Å². The van der Waals surface area contributed by atoms with Crippen LogP contribution in [0.15, 0.2) is 24.3 Å². The molecule has 4 nitrogen and oxygen atoms in total. The lowest BCUT2D eigenvalue weighted by Crippen LogP contribution is -2.43. The quantitative estimate of drug-likeness (QED) is 0.774. The van der Waals surface area contributed by atoms with Crippen LogP contribution in [0.3, 0.4) is 0 Å². The van der Waals surface area contributed by atoms with Gasteiger partial charge >= 0.3 is 0 Å². The van der Waals surface area contributed by atoms with Gasteiger partial charge in [-0.05, 0) is 37.0 Å². The third kappa shape index (κ3) is 4.21. The Morgan fingerprint density at radius 1 is 1.33 bits per heavy atom. The van der Waals surface area contributed by atoms with E-state index in [0.29, 0.717) is 13.0 Å². The molecule has 1 rings (SSSR count). The topological polar surface area (TPSA) is 58.6 Å². The molecule has 2 N–H and O–H groups in total. The first kappa shape index (κ1) is 17.5. The second kappa shape index (κ2) is 8.03. The molecule has 0 aliphatic rings. The minimum absolute atomic E-state index is 0.141. The van der Waals surface area contributed by atoms with Crippen molar-refractivity contribution in [2.24, 2.45) is 0 Å². The lowest BCUT2D eigenvalue weighted by molar-refractivity contribution is -0.129. The van der Waals surface area contributed by atoms with Gasteiger partial charge in [-0.2, -0.15) is 0 Å². The molecule has 1 unspecified atom stereocenters. The maximum absolute atomic E-state index is 11.8. The predicted molar refractivity (Wildman–Crippen MR) is 84.6 cm³/mol. The Morgan fingerprint density at radius 2 is 2.00 bits per heavy atom. The summed E-state index contributed by atoms with van der Waals surface area (Å²) in [7, 11) is 1.65. The molecule has 0 aromatic heterocycles. The van der Waals surface area contributed by atoms with Gasteiger partial charge in [-0.3, -0.25) is 4.79 Å². The van der Waals surface area contributed by atoms with Crippen LogP contribution < -0.4 is 10.1 Å². The summed E-state index contributed by atoms with van der Waals surface area (Å²) < 4.78 is 5.29. The standard InChI is InChI=1S/C17H27NO3/c1-5-15(19)16(20)18-12-17(6-2,7-3)13-9-8-10-14(11-13)21-4/h8-11,15,19H,5-7,12H2,1-4H3,(H,18,20). The summed E-state index contributed by atoms with van der Waals surface area (Å²) in [6.07, 6.45) is 1.30. The van der Waals surface area contributed by atoms with Crippen LogP contribution in [0.1, 0.15) is 45.6 Å². The minimum Gasteiger partial charge on any atom is -0.497 e. The summed E-state index contributed by atoms with van der Waals surface area (Å²) in [4.78, 5) is 11.8. The highest BCUT2D eigenvalue weighted by Crippen LogP contribution is 2.33. The maximum atomic E-state index is 11.8. The molecule has 0 heterocycles. The van der Waals surface area contributed by atoms with Crippen molar-refractivity contribution in [1.29, 1.82) is 0 Å². The van der Waals surface area contributed by atoms with Gasteiger partial charge in [-0.25, -0.2) is 0 Å². The van der Waals surface area contributed by atoms with E-state index in [9.17, 15) is 9.90 Å². The molecule has 0 radical (unpaired) electrons. The molecular weight excluding hydrogens is 266 g/mol. The lowest BCUT2D eigenvalue weighted by atomic mass is 9.75. The zero-order valence-corrected chi connectivity index (χ0v) is 13.5. The van der Waals surface area contributed by atoms with Crippen LogP contribution in [-0.2, 0) is 10.2 Å². The molecule has 0 aliphatic heterocycles. The number of hydrogen-bond acceptors (Lipinski definition) is 3. The summed E-state index contributed by atoms with van der Waals surface area (Å²) in [5.74, 6) is 0.519. The van der Waals surface area contributed by atoms with Gasteiger partial charge in [0.2, 0.25) is 5.91 Å². The van der Waals surface area contributed by atoms with Crippen LogP contribution in [0.25, 0.3) is 0 Å². The number of ether oxygens (including phenoxy) is 1. The number of methoxy groups -OCH3 is 1. The van der Waals surface area contributed by atoms with Crippen LogP contribution in [0.4, 0.5) is 0 Å². The van der Waals surface area contributed by atoms with Crippen molar-refractivity contribution >= 4 is 5.91 Å². The zero-order chi connectivity index (χ0) is 15.9. The number of amides is 1. The van der Waals surface area contributed by atoms with E-state index in [2.05, 4.69) is 25.2 Å². The number of rotatable bonds is 8. The van der Waals surface area contributed by atoms with Crippen LogP contribution in [0.2, 0.25) is 0 Å². The van der Waals surface area contributed by atoms with Crippen LogP contribution >= 0.6 is 0 Å². The third-order valence-electron chi connectivity index (χ3n) is 4.33. The summed E-state index contributed by atoms with van der Waals surface area (Å²) in [5, 5.41) is 12.5. The Kier molecular flexibility index (Phi) is 6.69. The molecule has 1 amide bonds. The molecule has 118 valence electrons. The monoisotopic (exact) mass is 293 g/mol. The molecule has 1 aromatic rings. The van der Waals surface area contributed by atoms with E-state index in [1.54, 1.807) is 14.0 Å². The normalized spacial score (nSPS) is 12.8. The summed E-state index contributed by atoms with van der Waals surface area (Å²) in [5.41, 5.74) is 1.01. The van der Waals surface area contributed by atoms with Gasteiger partial charge in [0.15, 0.2) is 0 Å². The number of nitrogens with one attached hydrogen (secondary N) is 1. The van der Waals surface area contributed by atoms with Crippen LogP contribution in [0.5, 0.6) is 5.75 Å². The molecular formula is C17H27NO3. The average Bonchev–Trinajstić information content (AvgIpc) is 2.55. The number of aliphatic hydroxyl groups excluding tert-OH is 1. The van der Waals surface area contributed by atoms with Crippen LogP contribution in [0, 0.1) is 0 Å². The highest BCUT2D eigenvalue weighted by atomic mass is 16.5. The summed E-state index contributed by atoms with van der Waals surface area (Å²) in [6.45, 7) is 6.54. The van der Waals surface area contributed by atoms with Gasteiger partial charge in [0.05, 0.1) is 7.11 Å². The molecule has 0 aliphatic carbocycles. The molecule has 0 spiro atoms. The minimum atomic E-state index is -0.929. The molecule has 21 heavy (non-hydrogen) atoms. The van der Waals surface area contributed by atoms with Crippen molar-refractivity contribution in [2.75, 3.05) is 13.7 Å². The Balaban J connectivity index is 2.94. The fraction of sp³-hybridized carbons (Fsp3) is 0.588. The molecule has 1 atom stereocenters. The van der Waals surface area contributed by atoms with Crippen molar-refractivity contribution < 1.29 is 14.6 Å². The van der Waals surface area contributed by atoms with Gasteiger partial charge in [-0.15, -0.1) is 0 Å². The number of carbonyl (C=O) groups is 1. The molecule has 0 bridgehead atoms. The van der Waals surface area contributed by atoms with E-state index >= 15 is 0 Å². The van der Waals surface area contributed by atoms with Crippen molar-refractivity contribution in [3.8, 4) is 5.75 Å². The highest BCUT2D eigenvalue weighted by Gasteiger charge is 2.30. The van der Waals surface area contributed by atoms with Gasteiger partial charge in [0.25, 0.3) is 0 Å². The molecule has 0 saturated heterocycles. The molecule has 0 fully saturated rings. The predicted octanol–water partition coefficient (Wildman–Crippen LogP) is 2.64. The summed E-state index contributed by atoms with van der Waals surface area (Å²) in [6, 6.07) is 7.98. The molecule has 0 saturated carbocycles. The Hall–Kier alpha value is -1.55. The third-order valence-corrected chi connectivity index (χ3v) is 4.33.